The minimum atomic E-state index is -0.173. The molecule has 1 aliphatic heterocycles. The Morgan fingerprint density at radius 1 is 1.03 bits per heavy atom. The lowest BCUT2D eigenvalue weighted by Crippen LogP contribution is -2.22. The van der Waals surface area contributed by atoms with Crippen LogP contribution < -0.4 is 15.4 Å². The molecule has 36 heavy (non-hydrogen) atoms. The Morgan fingerprint density at radius 2 is 1.81 bits per heavy atom. The highest BCUT2D eigenvalue weighted by Gasteiger charge is 2.13. The van der Waals surface area contributed by atoms with Gasteiger partial charge < -0.3 is 19.9 Å². The highest BCUT2D eigenvalue weighted by Crippen LogP contribution is 2.30. The topological polar surface area (TPSA) is 98.1 Å². The van der Waals surface area contributed by atoms with Gasteiger partial charge in [-0.15, -0.1) is 10.2 Å². The number of hydrogen-bond donors (Lipinski definition) is 2. The van der Waals surface area contributed by atoms with Crippen molar-refractivity contribution in [2.75, 3.05) is 17.7 Å². The smallest absolute Gasteiger partial charge is 0.251 e. The number of hydrogen-bond acceptors (Lipinski definition) is 6. The molecule has 3 aromatic carbocycles. The number of carbonyl (C=O) groups is 2. The number of ether oxygens (including phenoxy) is 1. The Labute approximate surface area is 213 Å². The molecule has 1 aromatic heterocycles. The molecule has 1 aliphatic rings. The Hall–Kier alpha value is -4.11. The summed E-state index contributed by atoms with van der Waals surface area (Å²) in [5, 5.41) is 14.2. The highest BCUT2D eigenvalue weighted by molar-refractivity contribution is 7.99. The third-order valence-corrected chi connectivity index (χ3v) is 6.90. The van der Waals surface area contributed by atoms with E-state index in [0.29, 0.717) is 23.0 Å². The van der Waals surface area contributed by atoms with Crippen molar-refractivity contribution in [1.82, 2.24) is 20.1 Å². The van der Waals surface area contributed by atoms with Gasteiger partial charge in [-0.3, -0.25) is 9.59 Å². The van der Waals surface area contributed by atoms with E-state index in [2.05, 4.69) is 45.1 Å². The van der Waals surface area contributed by atoms with E-state index in [9.17, 15) is 9.59 Å². The summed E-state index contributed by atoms with van der Waals surface area (Å²) in [5.41, 5.74) is 5.71. The minimum Gasteiger partial charge on any atom is -0.493 e. The predicted octanol–water partition coefficient (Wildman–Crippen LogP) is 4.08. The number of aromatic nitrogens is 3. The summed E-state index contributed by atoms with van der Waals surface area (Å²) in [5.74, 6) is 0.866. The van der Waals surface area contributed by atoms with Gasteiger partial charge >= 0.3 is 0 Å². The van der Waals surface area contributed by atoms with Gasteiger partial charge in [-0.25, -0.2) is 0 Å². The molecule has 0 spiro atoms. The van der Waals surface area contributed by atoms with Crippen LogP contribution in [0.4, 0.5) is 5.69 Å². The van der Waals surface area contributed by atoms with Crippen molar-refractivity contribution in [2.24, 2.45) is 7.05 Å². The fourth-order valence-corrected chi connectivity index (χ4v) is 4.59. The first-order valence-corrected chi connectivity index (χ1v) is 12.5. The third kappa shape index (κ3) is 5.58. The zero-order valence-electron chi connectivity index (χ0n) is 19.7. The maximum atomic E-state index is 12.6. The number of nitrogens with one attached hydrogen (secondary N) is 2. The van der Waals surface area contributed by atoms with Crippen LogP contribution in [0, 0.1) is 0 Å². The number of fused-ring (bicyclic) bond motifs is 1. The van der Waals surface area contributed by atoms with E-state index in [1.165, 1.54) is 17.3 Å². The van der Waals surface area contributed by atoms with E-state index in [1.807, 2.05) is 25.2 Å². The van der Waals surface area contributed by atoms with Crippen molar-refractivity contribution < 1.29 is 14.3 Å². The van der Waals surface area contributed by atoms with Crippen LogP contribution in [0.25, 0.3) is 11.1 Å². The molecule has 182 valence electrons. The van der Waals surface area contributed by atoms with Gasteiger partial charge in [-0.05, 0) is 58.7 Å². The average molecular weight is 500 g/mol. The average Bonchev–Trinajstić information content (AvgIpc) is 3.55. The third-order valence-electron chi connectivity index (χ3n) is 5.86. The predicted molar refractivity (Wildman–Crippen MR) is 139 cm³/mol. The van der Waals surface area contributed by atoms with Crippen molar-refractivity contribution in [3.05, 3.63) is 89.7 Å². The number of carbonyl (C=O) groups excluding carboxylic acids is 2. The van der Waals surface area contributed by atoms with Crippen molar-refractivity contribution in [3.63, 3.8) is 0 Å². The largest absolute Gasteiger partial charge is 0.493 e. The first-order valence-electron chi connectivity index (χ1n) is 11.5. The van der Waals surface area contributed by atoms with Gasteiger partial charge in [0.2, 0.25) is 5.91 Å². The molecule has 0 bridgehead atoms. The zero-order valence-corrected chi connectivity index (χ0v) is 20.5. The Bertz CT molecular complexity index is 1380. The molecule has 2 heterocycles. The van der Waals surface area contributed by atoms with Crippen molar-refractivity contribution in [2.45, 2.75) is 18.1 Å². The molecule has 0 saturated heterocycles. The second-order valence-electron chi connectivity index (χ2n) is 8.44. The van der Waals surface area contributed by atoms with Crippen LogP contribution in [0.2, 0.25) is 0 Å². The number of anilines is 1. The molecule has 0 aliphatic carbocycles. The number of amides is 2. The molecule has 0 unspecified atom stereocenters. The van der Waals surface area contributed by atoms with Crippen LogP contribution in [-0.2, 0) is 24.8 Å². The number of rotatable bonds is 8. The van der Waals surface area contributed by atoms with Crippen LogP contribution in [0.3, 0.4) is 0 Å². The fourth-order valence-electron chi connectivity index (χ4n) is 3.90. The maximum Gasteiger partial charge on any atom is 0.251 e. The van der Waals surface area contributed by atoms with E-state index >= 15 is 0 Å². The summed E-state index contributed by atoms with van der Waals surface area (Å²) in [6, 6.07) is 21.3. The monoisotopic (exact) mass is 499 g/mol. The quantitative estimate of drug-likeness (QED) is 0.355. The molecule has 2 amide bonds. The van der Waals surface area contributed by atoms with Crippen molar-refractivity contribution >= 4 is 29.3 Å². The van der Waals surface area contributed by atoms with Crippen LogP contribution in [0.15, 0.2) is 78.2 Å². The number of aryl methyl sites for hydroxylation is 1. The first-order chi connectivity index (χ1) is 17.5. The summed E-state index contributed by atoms with van der Waals surface area (Å²) in [6.07, 6.45) is 2.54. The number of nitrogens with zero attached hydrogens (tertiary/aromatic N) is 3. The van der Waals surface area contributed by atoms with Crippen LogP contribution in [0.1, 0.15) is 21.5 Å². The zero-order chi connectivity index (χ0) is 24.9. The van der Waals surface area contributed by atoms with Crippen LogP contribution in [0.5, 0.6) is 5.75 Å². The summed E-state index contributed by atoms with van der Waals surface area (Å²) in [7, 11) is 1.82. The molecule has 5 rings (SSSR count). The second kappa shape index (κ2) is 10.7. The molecular weight excluding hydrogens is 474 g/mol. The van der Waals surface area contributed by atoms with Gasteiger partial charge in [0.05, 0.1) is 12.4 Å². The number of thioether (sulfide) groups is 1. The SMILES string of the molecule is Cn1cnnc1SCC(=O)Nc1ccc(C(=O)NCc2ccc(-c3ccc4c(c3)CCO4)cc2)cc1. The van der Waals surface area contributed by atoms with Crippen LogP contribution in [-0.4, -0.2) is 38.9 Å². The highest BCUT2D eigenvalue weighted by atomic mass is 32.2. The first kappa shape index (κ1) is 23.6. The van der Waals surface area contributed by atoms with E-state index in [4.69, 9.17) is 4.74 Å². The normalized spacial score (nSPS) is 12.0. The summed E-state index contributed by atoms with van der Waals surface area (Å²) in [6.45, 7) is 1.17. The van der Waals surface area contributed by atoms with Gasteiger partial charge in [0.15, 0.2) is 5.16 Å². The van der Waals surface area contributed by atoms with E-state index in [-0.39, 0.29) is 17.6 Å². The molecular formula is C27H25N5O3S. The molecule has 9 heteroatoms. The fraction of sp³-hybridized carbons (Fsp3) is 0.185. The van der Waals surface area contributed by atoms with Crippen molar-refractivity contribution in [3.8, 4) is 16.9 Å². The Kier molecular flexibility index (Phi) is 6.99. The molecule has 8 nitrogen and oxygen atoms in total. The lowest BCUT2D eigenvalue weighted by molar-refractivity contribution is -0.113. The lowest BCUT2D eigenvalue weighted by Gasteiger charge is -2.09. The van der Waals surface area contributed by atoms with Gasteiger partial charge in [-0.1, -0.05) is 42.1 Å². The molecule has 0 atom stereocenters. The second-order valence-corrected chi connectivity index (χ2v) is 9.38. The Balaban J connectivity index is 1.11. The molecule has 0 saturated carbocycles. The molecule has 2 N–H and O–H groups in total. The molecule has 0 fully saturated rings. The van der Waals surface area contributed by atoms with Crippen molar-refractivity contribution in [1.29, 1.82) is 0 Å². The standard InChI is InChI=1S/C27H25N5O3S/c1-32-17-29-31-27(32)36-16-25(33)30-23-9-6-20(7-10-23)26(34)28-15-18-2-4-19(5-3-18)21-8-11-24-22(14-21)12-13-35-24/h2-11,14,17H,12-13,15-16H2,1H3,(H,28,34)(H,30,33). The molecule has 4 aromatic rings. The van der Waals surface area contributed by atoms with Gasteiger partial charge in [0.25, 0.3) is 5.91 Å². The van der Waals surface area contributed by atoms with E-state index in [1.54, 1.807) is 35.2 Å². The van der Waals surface area contributed by atoms with Crippen LogP contribution >= 0.6 is 11.8 Å². The minimum absolute atomic E-state index is 0.156. The maximum absolute atomic E-state index is 12.6. The van der Waals surface area contributed by atoms with Gasteiger partial charge in [0.1, 0.15) is 12.1 Å². The summed E-state index contributed by atoms with van der Waals surface area (Å²) in [4.78, 5) is 24.8. The van der Waals surface area contributed by atoms with E-state index in [0.717, 1.165) is 35.5 Å². The lowest BCUT2D eigenvalue weighted by atomic mass is 10.0. The summed E-state index contributed by atoms with van der Waals surface area (Å²) >= 11 is 1.31. The Morgan fingerprint density at radius 3 is 2.56 bits per heavy atom. The van der Waals surface area contributed by atoms with Gasteiger partial charge in [-0.2, -0.15) is 0 Å². The number of benzene rings is 3. The van der Waals surface area contributed by atoms with Gasteiger partial charge in [0, 0.05) is 31.3 Å². The summed E-state index contributed by atoms with van der Waals surface area (Å²) < 4.78 is 7.34. The molecule has 0 radical (unpaired) electrons. The van der Waals surface area contributed by atoms with E-state index < -0.39 is 0 Å².